The molecule has 2 aromatic carbocycles. The molecular formula is C16H16F3NO. The Labute approximate surface area is 121 Å². The third kappa shape index (κ3) is 5.38. The molecule has 0 spiro atoms. The Kier molecular flexibility index (Phi) is 5.09. The van der Waals surface area contributed by atoms with Gasteiger partial charge in [0.1, 0.15) is 5.75 Å². The number of alkyl halides is 3. The van der Waals surface area contributed by atoms with Crippen LogP contribution in [-0.2, 0) is 6.42 Å². The monoisotopic (exact) mass is 295 g/mol. The summed E-state index contributed by atoms with van der Waals surface area (Å²) in [6.45, 7) is 0.685. The van der Waals surface area contributed by atoms with E-state index in [-0.39, 0.29) is 5.75 Å². The minimum atomic E-state index is -4.65. The van der Waals surface area contributed by atoms with Gasteiger partial charge in [-0.25, -0.2) is 0 Å². The SMILES string of the molecule is FC(F)(F)Oc1ccccc1CCCNc1ccccc1. The average Bonchev–Trinajstić information content (AvgIpc) is 2.45. The summed E-state index contributed by atoms with van der Waals surface area (Å²) in [6, 6.07) is 15.9. The summed E-state index contributed by atoms with van der Waals surface area (Å²) in [5.74, 6) is -0.121. The maximum absolute atomic E-state index is 12.3. The summed E-state index contributed by atoms with van der Waals surface area (Å²) in [6.07, 6.45) is -3.42. The van der Waals surface area contributed by atoms with E-state index in [1.54, 1.807) is 12.1 Å². The summed E-state index contributed by atoms with van der Waals surface area (Å²) in [5, 5.41) is 3.22. The van der Waals surface area contributed by atoms with Crippen molar-refractivity contribution in [3.8, 4) is 5.75 Å². The molecule has 0 radical (unpaired) electrons. The summed E-state index contributed by atoms with van der Waals surface area (Å²) < 4.78 is 40.9. The van der Waals surface area contributed by atoms with Gasteiger partial charge in [0, 0.05) is 12.2 Å². The van der Waals surface area contributed by atoms with E-state index in [2.05, 4.69) is 10.1 Å². The smallest absolute Gasteiger partial charge is 0.406 e. The number of benzene rings is 2. The highest BCUT2D eigenvalue weighted by Crippen LogP contribution is 2.26. The molecule has 0 atom stereocenters. The van der Waals surface area contributed by atoms with Gasteiger partial charge in [0.15, 0.2) is 0 Å². The van der Waals surface area contributed by atoms with Crippen molar-refractivity contribution in [1.82, 2.24) is 0 Å². The third-order valence-corrected chi connectivity index (χ3v) is 2.92. The lowest BCUT2D eigenvalue weighted by molar-refractivity contribution is -0.274. The Morgan fingerprint density at radius 3 is 2.29 bits per heavy atom. The summed E-state index contributed by atoms with van der Waals surface area (Å²) >= 11 is 0. The maximum Gasteiger partial charge on any atom is 0.573 e. The van der Waals surface area contributed by atoms with E-state index in [9.17, 15) is 13.2 Å². The van der Waals surface area contributed by atoms with Gasteiger partial charge in [-0.2, -0.15) is 0 Å². The van der Waals surface area contributed by atoms with Gasteiger partial charge in [0.05, 0.1) is 0 Å². The van der Waals surface area contributed by atoms with Crippen molar-refractivity contribution in [3.63, 3.8) is 0 Å². The number of nitrogens with one attached hydrogen (secondary N) is 1. The van der Waals surface area contributed by atoms with Crippen LogP contribution in [0.25, 0.3) is 0 Å². The molecule has 112 valence electrons. The predicted octanol–water partition coefficient (Wildman–Crippen LogP) is 4.63. The lowest BCUT2D eigenvalue weighted by Crippen LogP contribution is -2.18. The standard InChI is InChI=1S/C16H16F3NO/c17-16(18,19)21-15-11-5-4-7-13(15)8-6-12-20-14-9-2-1-3-10-14/h1-5,7,9-11,20H,6,8,12H2. The fraction of sp³-hybridized carbons (Fsp3) is 0.250. The van der Waals surface area contributed by atoms with Crippen molar-refractivity contribution < 1.29 is 17.9 Å². The largest absolute Gasteiger partial charge is 0.573 e. The molecular weight excluding hydrogens is 279 g/mol. The first-order valence-corrected chi connectivity index (χ1v) is 6.67. The van der Waals surface area contributed by atoms with Crippen LogP contribution >= 0.6 is 0 Å². The molecule has 0 aliphatic carbocycles. The first-order chi connectivity index (χ1) is 10.0. The topological polar surface area (TPSA) is 21.3 Å². The van der Waals surface area contributed by atoms with Crippen LogP contribution in [0.1, 0.15) is 12.0 Å². The number of rotatable bonds is 6. The number of halogens is 3. The van der Waals surface area contributed by atoms with Crippen LogP contribution in [0.3, 0.4) is 0 Å². The zero-order chi connectivity index (χ0) is 15.1. The van der Waals surface area contributed by atoms with E-state index >= 15 is 0 Å². The molecule has 0 fully saturated rings. The quantitative estimate of drug-likeness (QED) is 0.784. The summed E-state index contributed by atoms with van der Waals surface area (Å²) in [4.78, 5) is 0. The first kappa shape index (κ1) is 15.2. The lowest BCUT2D eigenvalue weighted by Gasteiger charge is -2.13. The minimum absolute atomic E-state index is 0.121. The van der Waals surface area contributed by atoms with Crippen molar-refractivity contribution >= 4 is 5.69 Å². The summed E-state index contributed by atoms with van der Waals surface area (Å²) in [5.41, 5.74) is 1.56. The van der Waals surface area contributed by atoms with Gasteiger partial charge in [0.25, 0.3) is 0 Å². The van der Waals surface area contributed by atoms with Gasteiger partial charge >= 0.3 is 6.36 Å². The van der Waals surface area contributed by atoms with E-state index in [0.717, 1.165) is 5.69 Å². The normalized spacial score (nSPS) is 11.2. The molecule has 0 aliphatic rings. The molecule has 0 bridgehead atoms. The Hall–Kier alpha value is -2.17. The second-order valence-electron chi connectivity index (χ2n) is 4.55. The second-order valence-corrected chi connectivity index (χ2v) is 4.55. The van der Waals surface area contributed by atoms with Gasteiger partial charge in [-0.1, -0.05) is 36.4 Å². The number of anilines is 1. The van der Waals surface area contributed by atoms with Crippen LogP contribution < -0.4 is 10.1 Å². The molecule has 0 saturated carbocycles. The lowest BCUT2D eigenvalue weighted by atomic mass is 10.1. The van der Waals surface area contributed by atoms with Crippen molar-refractivity contribution in [2.24, 2.45) is 0 Å². The van der Waals surface area contributed by atoms with Gasteiger partial charge in [0.2, 0.25) is 0 Å². The highest BCUT2D eigenvalue weighted by molar-refractivity contribution is 5.42. The molecule has 0 saturated heterocycles. The number of aryl methyl sites for hydroxylation is 1. The molecule has 21 heavy (non-hydrogen) atoms. The van der Waals surface area contributed by atoms with E-state index in [1.807, 2.05) is 30.3 Å². The van der Waals surface area contributed by atoms with Crippen molar-refractivity contribution in [3.05, 3.63) is 60.2 Å². The Morgan fingerprint density at radius 2 is 1.57 bits per heavy atom. The maximum atomic E-state index is 12.3. The zero-order valence-electron chi connectivity index (χ0n) is 11.4. The molecule has 2 nitrogen and oxygen atoms in total. The molecule has 0 unspecified atom stereocenters. The fourth-order valence-corrected chi connectivity index (χ4v) is 2.00. The van der Waals surface area contributed by atoms with Crippen LogP contribution in [-0.4, -0.2) is 12.9 Å². The fourth-order valence-electron chi connectivity index (χ4n) is 2.00. The van der Waals surface area contributed by atoms with Crippen LogP contribution in [0.2, 0.25) is 0 Å². The zero-order valence-corrected chi connectivity index (χ0v) is 11.4. The van der Waals surface area contributed by atoms with Gasteiger partial charge in [-0.15, -0.1) is 13.2 Å². The molecule has 0 aromatic heterocycles. The predicted molar refractivity (Wildman–Crippen MR) is 76.4 cm³/mol. The average molecular weight is 295 g/mol. The van der Waals surface area contributed by atoms with Gasteiger partial charge < -0.3 is 10.1 Å². The van der Waals surface area contributed by atoms with E-state index in [4.69, 9.17) is 0 Å². The first-order valence-electron chi connectivity index (χ1n) is 6.67. The molecule has 1 N–H and O–H groups in total. The van der Waals surface area contributed by atoms with Crippen LogP contribution in [0.5, 0.6) is 5.75 Å². The third-order valence-electron chi connectivity index (χ3n) is 2.92. The Bertz CT molecular complexity index is 555. The van der Waals surface area contributed by atoms with Crippen molar-refractivity contribution in [2.45, 2.75) is 19.2 Å². The van der Waals surface area contributed by atoms with Crippen molar-refractivity contribution in [1.29, 1.82) is 0 Å². The molecule has 0 heterocycles. The van der Waals surface area contributed by atoms with E-state index in [0.29, 0.717) is 24.9 Å². The van der Waals surface area contributed by atoms with Gasteiger partial charge in [-0.3, -0.25) is 0 Å². The van der Waals surface area contributed by atoms with E-state index < -0.39 is 6.36 Å². The summed E-state index contributed by atoms with van der Waals surface area (Å²) in [7, 11) is 0. The molecule has 5 heteroatoms. The number of para-hydroxylation sites is 2. The highest BCUT2D eigenvalue weighted by atomic mass is 19.4. The van der Waals surface area contributed by atoms with Crippen LogP contribution in [0.4, 0.5) is 18.9 Å². The molecule has 0 aliphatic heterocycles. The van der Waals surface area contributed by atoms with Crippen molar-refractivity contribution in [2.75, 3.05) is 11.9 Å². The van der Waals surface area contributed by atoms with E-state index in [1.165, 1.54) is 12.1 Å². The number of ether oxygens (including phenoxy) is 1. The van der Waals surface area contributed by atoms with Gasteiger partial charge in [-0.05, 0) is 36.6 Å². The number of hydrogen-bond donors (Lipinski definition) is 1. The Balaban J connectivity index is 1.86. The van der Waals surface area contributed by atoms with Crippen LogP contribution in [0.15, 0.2) is 54.6 Å². The molecule has 2 aromatic rings. The van der Waals surface area contributed by atoms with Crippen LogP contribution in [0, 0.1) is 0 Å². The second kappa shape index (κ2) is 7.02. The minimum Gasteiger partial charge on any atom is -0.406 e. The number of hydrogen-bond acceptors (Lipinski definition) is 2. The Morgan fingerprint density at radius 1 is 0.905 bits per heavy atom. The molecule has 0 amide bonds. The highest BCUT2D eigenvalue weighted by Gasteiger charge is 2.31. The molecule has 2 rings (SSSR count).